The first kappa shape index (κ1) is 15.6. The molecule has 0 bridgehead atoms. The fourth-order valence-electron chi connectivity index (χ4n) is 0. The second-order valence-electron chi connectivity index (χ2n) is 0.283. The first-order chi connectivity index (χ1) is 1.73. The fourth-order valence-corrected chi connectivity index (χ4v) is 0. The van der Waals surface area contributed by atoms with Crippen molar-refractivity contribution in [1.82, 2.24) is 0 Å². The van der Waals surface area contributed by atoms with Crippen LogP contribution in [-0.4, -0.2) is 40.3 Å². The summed E-state index contributed by atoms with van der Waals surface area (Å²) in [5.41, 5.74) is 0. The van der Waals surface area contributed by atoms with Crippen LogP contribution >= 0.6 is 0 Å². The van der Waals surface area contributed by atoms with Gasteiger partial charge in [-0.25, -0.2) is 4.79 Å². The third-order valence-corrected chi connectivity index (χ3v) is 0. The molecule has 0 spiro atoms. The molecule has 0 aromatic heterocycles. The predicted octanol–water partition coefficient (Wildman–Crippen LogP) is -3.58. The number of carbonyl (C=O) groups is 1. The van der Waals surface area contributed by atoms with Gasteiger partial charge in [-0.15, -0.1) is 0 Å². The Kier molecular flexibility index (Phi) is 25.7. The summed E-state index contributed by atoms with van der Waals surface area (Å²) in [5, 5.41) is 13.9. The minimum atomic E-state index is -1.83. The third kappa shape index (κ3) is 43.4. The molecule has 2 radical (unpaired) electrons. The van der Waals surface area contributed by atoms with Crippen LogP contribution in [0.4, 0.5) is 4.79 Å². The number of hydrogen-bond acceptors (Lipinski definition) is 1. The third-order valence-electron chi connectivity index (χ3n) is 0. The Hall–Kier alpha value is 1.71. The van der Waals surface area contributed by atoms with Crippen molar-refractivity contribution >= 4 is 30.1 Å². The molecule has 0 heterocycles. The van der Waals surface area contributed by atoms with Crippen LogP contribution in [0, 0.1) is 0 Å². The van der Waals surface area contributed by atoms with Gasteiger partial charge in [-0.05, 0) is 0 Å². The van der Waals surface area contributed by atoms with Gasteiger partial charge in [-0.1, -0.05) is 0 Å². The molecule has 2 N–H and O–H groups in total. The molecule has 0 fully saturated rings. The van der Waals surface area contributed by atoms with E-state index in [2.05, 4.69) is 0 Å². The molecular formula is CH5KO3Sn. The Morgan fingerprint density at radius 1 is 1.50 bits per heavy atom. The normalized spacial score (nSPS) is 4.00. The summed E-state index contributed by atoms with van der Waals surface area (Å²) in [4.78, 5) is 8.56. The van der Waals surface area contributed by atoms with Crippen molar-refractivity contribution in [3.8, 4) is 0 Å². The van der Waals surface area contributed by atoms with E-state index in [4.69, 9.17) is 15.0 Å². The summed E-state index contributed by atoms with van der Waals surface area (Å²) >= 11 is 0. The molecule has 0 aromatic carbocycles. The van der Waals surface area contributed by atoms with Gasteiger partial charge in [0.25, 0.3) is 0 Å². The van der Waals surface area contributed by atoms with Crippen LogP contribution in [-0.2, 0) is 0 Å². The van der Waals surface area contributed by atoms with Gasteiger partial charge in [0.1, 0.15) is 0 Å². The van der Waals surface area contributed by atoms with E-state index in [1.54, 1.807) is 0 Å². The molecule has 0 aliphatic carbocycles. The van der Waals surface area contributed by atoms with E-state index in [0.717, 1.165) is 0 Å². The zero-order valence-electron chi connectivity index (χ0n) is 4.51. The summed E-state index contributed by atoms with van der Waals surface area (Å²) in [6, 6.07) is 0. The zero-order chi connectivity index (χ0) is 3.58. The first-order valence-electron chi connectivity index (χ1n) is 0.651. The fraction of sp³-hybridized carbons (Fsp3) is 0. The van der Waals surface area contributed by atoms with Gasteiger partial charge in [0, 0.05) is 0 Å². The van der Waals surface area contributed by atoms with E-state index in [-0.39, 0.29) is 76.7 Å². The van der Waals surface area contributed by atoms with Gasteiger partial charge >= 0.3 is 81.4 Å². The van der Waals surface area contributed by atoms with Crippen LogP contribution in [0.5, 0.6) is 0 Å². The molecule has 6 heavy (non-hydrogen) atoms. The Balaban J connectivity index is -0.0000000150. The number of hydrogen-bond donors (Lipinski definition) is 2. The average Bonchev–Trinajstić information content (AvgIpc) is 0.811. The van der Waals surface area contributed by atoms with Gasteiger partial charge in [-0.2, -0.15) is 0 Å². The molecule has 0 aliphatic rings. The molecule has 0 aromatic rings. The summed E-state index contributed by atoms with van der Waals surface area (Å²) in [6.07, 6.45) is -1.83. The van der Waals surface area contributed by atoms with Gasteiger partial charge < -0.3 is 11.6 Å². The Bertz CT molecular complexity index is 37.9. The van der Waals surface area contributed by atoms with Crippen molar-refractivity contribution in [2.24, 2.45) is 0 Å². The van der Waals surface area contributed by atoms with E-state index in [0.29, 0.717) is 0 Å². The summed E-state index contributed by atoms with van der Waals surface area (Å²) < 4.78 is 0. The Morgan fingerprint density at radius 3 is 1.50 bits per heavy atom. The summed E-state index contributed by atoms with van der Waals surface area (Å²) in [5.74, 6) is 0. The maximum atomic E-state index is 8.56. The second kappa shape index (κ2) is 9.86. The first-order valence-corrected chi connectivity index (χ1v) is 0.651. The van der Waals surface area contributed by atoms with Crippen molar-refractivity contribution in [3.05, 3.63) is 0 Å². The molecule has 3 nitrogen and oxygen atoms in total. The number of rotatable bonds is 0. The Labute approximate surface area is 96.0 Å². The van der Waals surface area contributed by atoms with E-state index in [9.17, 15) is 0 Å². The van der Waals surface area contributed by atoms with Crippen molar-refractivity contribution in [1.29, 1.82) is 0 Å². The van der Waals surface area contributed by atoms with Gasteiger partial charge in [0.2, 0.25) is 0 Å². The van der Waals surface area contributed by atoms with Crippen molar-refractivity contribution in [2.75, 3.05) is 0 Å². The van der Waals surface area contributed by atoms with E-state index < -0.39 is 6.16 Å². The Morgan fingerprint density at radius 2 is 1.50 bits per heavy atom. The van der Waals surface area contributed by atoms with Gasteiger partial charge in [0.15, 0.2) is 0 Å². The average molecular weight is 223 g/mol. The van der Waals surface area contributed by atoms with Crippen LogP contribution in [0.15, 0.2) is 0 Å². The topological polar surface area (TPSA) is 57.5 Å². The van der Waals surface area contributed by atoms with Crippen LogP contribution < -0.4 is 51.4 Å². The molecule has 0 saturated carbocycles. The molecule has 32 valence electrons. The van der Waals surface area contributed by atoms with E-state index in [1.807, 2.05) is 0 Å². The van der Waals surface area contributed by atoms with Crippen LogP contribution in [0.2, 0.25) is 0 Å². The molecular weight excluding hydrogens is 218 g/mol. The molecule has 0 unspecified atom stereocenters. The van der Waals surface area contributed by atoms with Crippen molar-refractivity contribution < 1.29 is 67.8 Å². The summed E-state index contributed by atoms with van der Waals surface area (Å²) in [7, 11) is 0. The quantitative estimate of drug-likeness (QED) is 0.417. The summed E-state index contributed by atoms with van der Waals surface area (Å²) in [6.45, 7) is 0. The second-order valence-corrected chi connectivity index (χ2v) is 0.283. The van der Waals surface area contributed by atoms with E-state index >= 15 is 0 Å². The molecule has 0 amide bonds. The van der Waals surface area contributed by atoms with Crippen molar-refractivity contribution in [3.63, 3.8) is 0 Å². The standard InChI is InChI=1S/CH2O3.K.Sn.3H/c2-1(3)4;;;;;/h(H2,2,3,4);;;;;/q;+1;;;;-1. The molecule has 0 aliphatic heterocycles. The number of carboxylic acid groups (broad SMARTS) is 2. The predicted molar refractivity (Wildman–Crippen MR) is 20.3 cm³/mol. The molecule has 0 rings (SSSR count). The monoisotopic (exact) mass is 224 g/mol. The molecule has 0 saturated heterocycles. The van der Waals surface area contributed by atoms with Gasteiger partial charge in [0.05, 0.1) is 0 Å². The molecule has 0 atom stereocenters. The van der Waals surface area contributed by atoms with Crippen LogP contribution in [0.3, 0.4) is 0 Å². The SMILES string of the molecule is O=C(O)O.[H-].[K+].[SnH2]. The zero-order valence-corrected chi connectivity index (χ0v) is 10.7. The van der Waals surface area contributed by atoms with Crippen molar-refractivity contribution in [2.45, 2.75) is 0 Å². The van der Waals surface area contributed by atoms with E-state index in [1.165, 1.54) is 0 Å². The molecule has 5 heteroatoms. The maximum absolute atomic E-state index is 8.56. The van der Waals surface area contributed by atoms with Crippen LogP contribution in [0.25, 0.3) is 0 Å². The van der Waals surface area contributed by atoms with Crippen LogP contribution in [0.1, 0.15) is 1.43 Å². The van der Waals surface area contributed by atoms with Gasteiger partial charge in [-0.3, -0.25) is 0 Å². The minimum absolute atomic E-state index is 0.